The van der Waals surface area contributed by atoms with Crippen LogP contribution in [0.4, 0.5) is 0 Å². The normalized spacial score (nSPS) is 15.0. The van der Waals surface area contributed by atoms with Gasteiger partial charge in [-0.2, -0.15) is 0 Å². The van der Waals surface area contributed by atoms with Crippen molar-refractivity contribution in [3.05, 3.63) is 17.0 Å². The topological polar surface area (TPSA) is 116 Å². The summed E-state index contributed by atoms with van der Waals surface area (Å²) in [7, 11) is -4.99. The van der Waals surface area contributed by atoms with Crippen LogP contribution >= 0.6 is 0 Å². The van der Waals surface area contributed by atoms with Crippen molar-refractivity contribution in [2.75, 3.05) is 12.8 Å². The number of aromatic amines is 1. The van der Waals surface area contributed by atoms with E-state index in [1.807, 2.05) is 0 Å². The van der Waals surface area contributed by atoms with Crippen molar-refractivity contribution in [3.63, 3.8) is 0 Å². The zero-order valence-corrected chi connectivity index (χ0v) is 13.3. The molecule has 1 aromatic rings. The first-order valence-electron chi connectivity index (χ1n) is 5.82. The van der Waals surface area contributed by atoms with Crippen LogP contribution in [0, 0.1) is 13.8 Å². The van der Waals surface area contributed by atoms with Gasteiger partial charge in [0.25, 0.3) is 0 Å². The highest BCUT2D eigenvalue weighted by atomic mass is 32.2. The number of carboxylic acids is 1. The zero-order chi connectivity index (χ0) is 15.7. The van der Waals surface area contributed by atoms with E-state index >= 15 is 0 Å². The number of carbonyl (C=O) groups is 1. The lowest BCUT2D eigenvalue weighted by Crippen LogP contribution is -2.33. The first-order chi connectivity index (χ1) is 9.08. The maximum atomic E-state index is 12.2. The van der Waals surface area contributed by atoms with Gasteiger partial charge < -0.3 is 10.1 Å². The minimum absolute atomic E-state index is 0.0257. The van der Waals surface area contributed by atoms with Crippen LogP contribution in [-0.4, -0.2) is 46.7 Å². The highest BCUT2D eigenvalue weighted by Gasteiger charge is 2.26. The molecule has 2 atom stereocenters. The van der Waals surface area contributed by atoms with E-state index in [-0.39, 0.29) is 33.6 Å². The van der Waals surface area contributed by atoms with Crippen LogP contribution in [0.1, 0.15) is 28.7 Å². The van der Waals surface area contributed by atoms with E-state index in [0.717, 1.165) is 0 Å². The van der Waals surface area contributed by atoms with E-state index < -0.39 is 26.8 Å². The Labute approximate surface area is 120 Å². The lowest BCUT2D eigenvalue weighted by molar-refractivity contribution is 0.0690. The Morgan fingerprint density at radius 2 is 2.00 bits per heavy atom. The molecule has 20 heavy (non-hydrogen) atoms. The van der Waals surface area contributed by atoms with Crippen molar-refractivity contribution >= 4 is 26.8 Å². The molecule has 9 heteroatoms. The van der Waals surface area contributed by atoms with Crippen LogP contribution < -0.4 is 4.72 Å². The molecule has 114 valence electrons. The fraction of sp³-hybridized carbons (Fsp3) is 0.545. The molecule has 0 radical (unpaired) electrons. The summed E-state index contributed by atoms with van der Waals surface area (Å²) >= 11 is 0. The fourth-order valence-corrected chi connectivity index (χ4v) is 3.76. The first-order valence-corrected chi connectivity index (χ1v) is 8.92. The molecule has 3 N–H and O–H groups in total. The van der Waals surface area contributed by atoms with Gasteiger partial charge >= 0.3 is 5.97 Å². The molecule has 0 saturated heterocycles. The van der Waals surface area contributed by atoms with Crippen molar-refractivity contribution < 1.29 is 22.5 Å². The smallest absolute Gasteiger partial charge is 0.352 e. The van der Waals surface area contributed by atoms with E-state index in [1.54, 1.807) is 6.92 Å². The summed E-state index contributed by atoms with van der Waals surface area (Å²) in [6, 6.07) is 0. The molecule has 0 fully saturated rings. The van der Waals surface area contributed by atoms with Gasteiger partial charge in [-0.3, -0.25) is 4.21 Å². The third kappa shape index (κ3) is 3.47. The van der Waals surface area contributed by atoms with Gasteiger partial charge in [0.2, 0.25) is 10.0 Å². The van der Waals surface area contributed by atoms with Crippen LogP contribution in [0.25, 0.3) is 0 Å². The summed E-state index contributed by atoms with van der Waals surface area (Å²) in [6.07, 6.45) is 1.49. The predicted octanol–water partition coefficient (Wildman–Crippen LogP) is 0.375. The summed E-state index contributed by atoms with van der Waals surface area (Å²) in [5.74, 6) is -1.21. The summed E-state index contributed by atoms with van der Waals surface area (Å²) in [5.41, 5.74) is 0.278. The van der Waals surface area contributed by atoms with Crippen LogP contribution in [0.3, 0.4) is 0 Å². The minimum Gasteiger partial charge on any atom is -0.477 e. The van der Waals surface area contributed by atoms with Crippen LogP contribution in [0.5, 0.6) is 0 Å². The first kappa shape index (κ1) is 16.9. The molecule has 0 amide bonds. The monoisotopic (exact) mass is 322 g/mol. The van der Waals surface area contributed by atoms with E-state index in [1.165, 1.54) is 20.1 Å². The largest absolute Gasteiger partial charge is 0.477 e. The average Bonchev–Trinajstić information content (AvgIpc) is 2.62. The molecule has 2 unspecified atom stereocenters. The number of H-pyrrole nitrogens is 1. The van der Waals surface area contributed by atoms with Crippen LogP contribution in [-0.2, 0) is 20.8 Å². The van der Waals surface area contributed by atoms with Gasteiger partial charge in [-0.15, -0.1) is 0 Å². The Bertz CT molecular complexity index is 648. The number of sulfonamides is 1. The second kappa shape index (κ2) is 6.06. The predicted molar refractivity (Wildman–Crippen MR) is 75.9 cm³/mol. The minimum atomic E-state index is -3.84. The van der Waals surface area contributed by atoms with E-state index in [4.69, 9.17) is 5.11 Å². The Morgan fingerprint density at radius 1 is 1.45 bits per heavy atom. The van der Waals surface area contributed by atoms with Crippen LogP contribution in [0.15, 0.2) is 4.90 Å². The number of hydrogen-bond donors (Lipinski definition) is 3. The van der Waals surface area contributed by atoms with Gasteiger partial charge in [-0.25, -0.2) is 17.9 Å². The maximum absolute atomic E-state index is 12.2. The zero-order valence-electron chi connectivity index (χ0n) is 11.7. The van der Waals surface area contributed by atoms with Crippen molar-refractivity contribution in [3.8, 4) is 0 Å². The van der Waals surface area contributed by atoms with Crippen molar-refractivity contribution in [2.45, 2.75) is 30.9 Å². The number of nitrogens with one attached hydrogen (secondary N) is 2. The number of aryl methyl sites for hydroxylation is 1. The Balaban J connectivity index is 3.11. The van der Waals surface area contributed by atoms with Gasteiger partial charge in [0.15, 0.2) is 0 Å². The SMILES string of the molecule is Cc1[nH]c(C(=O)O)c(C)c1S(=O)(=O)NCC(C)S(C)=O. The highest BCUT2D eigenvalue weighted by molar-refractivity contribution is 7.89. The van der Waals surface area contributed by atoms with Gasteiger partial charge in [0, 0.05) is 40.1 Å². The average molecular weight is 322 g/mol. The summed E-state index contributed by atoms with van der Waals surface area (Å²) < 4.78 is 38.0. The molecule has 0 aliphatic carbocycles. The third-order valence-corrected chi connectivity index (χ3v) is 5.98. The molecule has 7 nitrogen and oxygen atoms in total. The van der Waals surface area contributed by atoms with E-state index in [2.05, 4.69) is 9.71 Å². The number of rotatable bonds is 6. The van der Waals surface area contributed by atoms with Gasteiger partial charge in [0.1, 0.15) is 10.6 Å². The number of aromatic carboxylic acids is 1. The number of aromatic nitrogens is 1. The molecular formula is C11H18N2O5S2. The molecule has 0 aromatic carbocycles. The summed E-state index contributed by atoms with van der Waals surface area (Å²) in [4.78, 5) is 13.5. The van der Waals surface area contributed by atoms with Gasteiger partial charge in [-0.05, 0) is 20.8 Å². The lowest BCUT2D eigenvalue weighted by Gasteiger charge is -2.11. The van der Waals surface area contributed by atoms with Crippen molar-refractivity contribution in [1.29, 1.82) is 0 Å². The second-order valence-corrected chi connectivity index (χ2v) is 8.05. The van der Waals surface area contributed by atoms with Crippen LogP contribution in [0.2, 0.25) is 0 Å². The molecule has 1 rings (SSSR count). The highest BCUT2D eigenvalue weighted by Crippen LogP contribution is 2.23. The van der Waals surface area contributed by atoms with Gasteiger partial charge in [0.05, 0.1) is 0 Å². The molecule has 1 aromatic heterocycles. The fourth-order valence-electron chi connectivity index (χ4n) is 1.77. The standard InChI is InChI=1S/C11H18N2O5S2/c1-6(19(4)16)5-12-20(17,18)10-7(2)9(11(14)15)13-8(10)3/h6,12-13H,5H2,1-4H3,(H,14,15). The third-order valence-electron chi connectivity index (χ3n) is 2.98. The molecule has 0 saturated carbocycles. The maximum Gasteiger partial charge on any atom is 0.352 e. The molecule has 1 heterocycles. The molecule has 0 aliphatic rings. The summed E-state index contributed by atoms with van der Waals surface area (Å²) in [5, 5.41) is 8.64. The van der Waals surface area contributed by atoms with Gasteiger partial charge in [-0.1, -0.05) is 0 Å². The summed E-state index contributed by atoms with van der Waals surface area (Å²) in [6.45, 7) is 4.62. The number of hydrogen-bond acceptors (Lipinski definition) is 4. The Kier molecular flexibility index (Phi) is 5.11. The molecular weight excluding hydrogens is 304 g/mol. The van der Waals surface area contributed by atoms with Crippen molar-refractivity contribution in [2.24, 2.45) is 0 Å². The van der Waals surface area contributed by atoms with E-state index in [0.29, 0.717) is 0 Å². The quantitative estimate of drug-likeness (QED) is 0.700. The molecule has 0 spiro atoms. The molecule has 0 bridgehead atoms. The Morgan fingerprint density at radius 3 is 2.40 bits per heavy atom. The van der Waals surface area contributed by atoms with Crippen molar-refractivity contribution in [1.82, 2.24) is 9.71 Å². The molecule has 0 aliphatic heterocycles. The van der Waals surface area contributed by atoms with E-state index in [9.17, 15) is 17.4 Å². The number of carboxylic acid groups (broad SMARTS) is 1. The Hall–Kier alpha value is -1.19. The lowest BCUT2D eigenvalue weighted by atomic mass is 10.2. The second-order valence-electron chi connectivity index (χ2n) is 4.55.